The zero-order valence-corrected chi connectivity index (χ0v) is 13.6. The molecule has 1 N–H and O–H groups in total. The lowest BCUT2D eigenvalue weighted by Gasteiger charge is -2.35. The summed E-state index contributed by atoms with van der Waals surface area (Å²) in [6, 6.07) is 13.8. The molecule has 0 saturated carbocycles. The van der Waals surface area contributed by atoms with Gasteiger partial charge in [-0.25, -0.2) is 0 Å². The first-order valence-electron chi connectivity index (χ1n) is 7.73. The molecule has 0 atom stereocenters. The fraction of sp³-hybridized carbons (Fsp3) is 0.211. The van der Waals surface area contributed by atoms with Crippen LogP contribution in [0.15, 0.2) is 54.6 Å². The lowest BCUT2D eigenvalue weighted by molar-refractivity contribution is -0.384. The zero-order chi connectivity index (χ0) is 17.3. The van der Waals surface area contributed by atoms with Crippen LogP contribution in [-0.2, 0) is 6.42 Å². The summed E-state index contributed by atoms with van der Waals surface area (Å²) < 4.78 is 0. The summed E-state index contributed by atoms with van der Waals surface area (Å²) in [5.74, 6) is -0.131. The summed E-state index contributed by atoms with van der Waals surface area (Å²) in [6.07, 6.45) is 2.26. The molecule has 122 valence electrons. The van der Waals surface area contributed by atoms with E-state index in [0.717, 1.165) is 12.0 Å². The Hall–Kier alpha value is -2.95. The first-order chi connectivity index (χ1) is 11.4. The Labute approximate surface area is 140 Å². The summed E-state index contributed by atoms with van der Waals surface area (Å²) >= 11 is 0. The van der Waals surface area contributed by atoms with E-state index in [4.69, 9.17) is 0 Å². The van der Waals surface area contributed by atoms with Crippen molar-refractivity contribution in [3.8, 4) is 0 Å². The van der Waals surface area contributed by atoms with Crippen LogP contribution in [0, 0.1) is 10.1 Å². The third kappa shape index (κ3) is 3.20. The third-order valence-electron chi connectivity index (χ3n) is 4.03. The molecule has 0 radical (unpaired) electrons. The number of nitro benzene ring substituents is 1. The van der Waals surface area contributed by atoms with Crippen LogP contribution >= 0.6 is 0 Å². The van der Waals surface area contributed by atoms with E-state index in [1.807, 2.05) is 32.0 Å². The summed E-state index contributed by atoms with van der Waals surface area (Å²) in [5.41, 5.74) is 2.71. The van der Waals surface area contributed by atoms with Gasteiger partial charge < -0.3 is 5.32 Å². The van der Waals surface area contributed by atoms with Gasteiger partial charge in [0, 0.05) is 40.6 Å². The van der Waals surface area contributed by atoms with Crippen LogP contribution in [0.25, 0.3) is 5.70 Å². The van der Waals surface area contributed by atoms with Crippen molar-refractivity contribution in [2.45, 2.75) is 25.8 Å². The van der Waals surface area contributed by atoms with E-state index in [9.17, 15) is 14.9 Å². The smallest absolute Gasteiger partial charge is 0.270 e. The van der Waals surface area contributed by atoms with E-state index in [2.05, 4.69) is 5.32 Å². The Morgan fingerprint density at radius 2 is 1.92 bits per heavy atom. The number of non-ortho nitro benzene ring substituents is 1. The quantitative estimate of drug-likeness (QED) is 0.404. The Morgan fingerprint density at radius 1 is 1.21 bits per heavy atom. The number of carbonyl (C=O) groups is 1. The van der Waals surface area contributed by atoms with E-state index in [-0.39, 0.29) is 17.0 Å². The van der Waals surface area contributed by atoms with Crippen molar-refractivity contribution in [3.63, 3.8) is 0 Å². The normalized spacial score (nSPS) is 17.0. The highest BCUT2D eigenvalue weighted by molar-refractivity contribution is 6.08. The number of benzene rings is 2. The molecule has 3 rings (SSSR count). The third-order valence-corrected chi connectivity index (χ3v) is 4.03. The Kier molecular flexibility index (Phi) is 3.93. The van der Waals surface area contributed by atoms with Crippen molar-refractivity contribution < 1.29 is 9.72 Å². The summed E-state index contributed by atoms with van der Waals surface area (Å²) in [4.78, 5) is 23.1. The second kappa shape index (κ2) is 5.92. The van der Waals surface area contributed by atoms with Crippen LogP contribution in [0.3, 0.4) is 0 Å². The zero-order valence-electron chi connectivity index (χ0n) is 13.6. The second-order valence-electron chi connectivity index (χ2n) is 6.57. The molecule has 1 aliphatic rings. The molecule has 0 aromatic heterocycles. The molecule has 2 aromatic carbocycles. The largest absolute Gasteiger partial charge is 0.379 e. The number of nitrogens with zero attached hydrogens (tertiary/aromatic N) is 1. The number of nitrogens with one attached hydrogen (secondary N) is 1. The number of allylic oxidation sites excluding steroid dienone is 1. The molecular formula is C19H18N2O3. The van der Waals surface area contributed by atoms with Gasteiger partial charge in [-0.3, -0.25) is 14.9 Å². The predicted molar refractivity (Wildman–Crippen MR) is 92.8 cm³/mol. The minimum absolute atomic E-state index is 0.0216. The second-order valence-corrected chi connectivity index (χ2v) is 6.57. The van der Waals surface area contributed by atoms with Gasteiger partial charge in [-0.2, -0.15) is 0 Å². The van der Waals surface area contributed by atoms with E-state index in [0.29, 0.717) is 16.8 Å². The van der Waals surface area contributed by atoms with Gasteiger partial charge in [0.05, 0.1) is 4.92 Å². The number of ketones is 1. The Morgan fingerprint density at radius 3 is 2.58 bits per heavy atom. The molecule has 0 unspecified atom stereocenters. The minimum Gasteiger partial charge on any atom is -0.379 e. The highest BCUT2D eigenvalue weighted by Gasteiger charge is 2.29. The monoisotopic (exact) mass is 322 g/mol. The SMILES string of the molecule is CC1(C)Cc2ccc([N+](=O)[O-])cc2/C(=C/C(=O)c2ccccc2)N1. The van der Waals surface area contributed by atoms with Crippen LogP contribution in [0.4, 0.5) is 5.69 Å². The molecule has 1 heterocycles. The molecular weight excluding hydrogens is 304 g/mol. The lowest BCUT2D eigenvalue weighted by Crippen LogP contribution is -2.43. The van der Waals surface area contributed by atoms with Crippen LogP contribution in [0.1, 0.15) is 35.3 Å². The molecule has 5 heteroatoms. The standard InChI is InChI=1S/C19H18N2O3/c1-19(2)12-14-8-9-15(21(23)24)10-16(14)17(20-19)11-18(22)13-6-4-3-5-7-13/h3-11,20H,12H2,1-2H3/b17-11-. The number of hydrogen-bond donors (Lipinski definition) is 1. The topological polar surface area (TPSA) is 72.2 Å². The molecule has 0 saturated heterocycles. The number of hydrogen-bond acceptors (Lipinski definition) is 4. The molecule has 0 amide bonds. The fourth-order valence-electron chi connectivity index (χ4n) is 2.97. The average Bonchev–Trinajstić information content (AvgIpc) is 2.54. The molecule has 0 spiro atoms. The van der Waals surface area contributed by atoms with Crippen molar-refractivity contribution in [3.05, 3.63) is 81.4 Å². The van der Waals surface area contributed by atoms with Gasteiger partial charge in [0.15, 0.2) is 5.78 Å². The van der Waals surface area contributed by atoms with Crippen LogP contribution < -0.4 is 5.32 Å². The number of fused-ring (bicyclic) bond motifs is 1. The maximum absolute atomic E-state index is 12.5. The Bertz CT molecular complexity index is 839. The average molecular weight is 322 g/mol. The molecule has 0 bridgehead atoms. The van der Waals surface area contributed by atoms with Crippen molar-refractivity contribution in [1.29, 1.82) is 0 Å². The van der Waals surface area contributed by atoms with Crippen molar-refractivity contribution in [2.24, 2.45) is 0 Å². The molecule has 5 nitrogen and oxygen atoms in total. The van der Waals surface area contributed by atoms with E-state index in [1.54, 1.807) is 18.2 Å². The highest BCUT2D eigenvalue weighted by Crippen LogP contribution is 2.32. The molecule has 1 aliphatic heterocycles. The van der Waals surface area contributed by atoms with Crippen LogP contribution in [0.5, 0.6) is 0 Å². The Balaban J connectivity index is 2.07. The number of carbonyl (C=O) groups excluding carboxylic acids is 1. The van der Waals surface area contributed by atoms with Gasteiger partial charge in [-0.05, 0) is 25.8 Å². The lowest BCUT2D eigenvalue weighted by atomic mass is 9.85. The maximum atomic E-state index is 12.5. The molecule has 0 fully saturated rings. The molecule has 0 aliphatic carbocycles. The van der Waals surface area contributed by atoms with Gasteiger partial charge in [0.25, 0.3) is 5.69 Å². The van der Waals surface area contributed by atoms with Crippen molar-refractivity contribution in [2.75, 3.05) is 0 Å². The first-order valence-corrected chi connectivity index (χ1v) is 7.73. The minimum atomic E-state index is -0.420. The van der Waals surface area contributed by atoms with Crippen molar-refractivity contribution in [1.82, 2.24) is 5.32 Å². The van der Waals surface area contributed by atoms with Crippen molar-refractivity contribution >= 4 is 17.2 Å². The maximum Gasteiger partial charge on any atom is 0.270 e. The van der Waals surface area contributed by atoms with Gasteiger partial charge >= 0.3 is 0 Å². The van der Waals surface area contributed by atoms with Gasteiger partial charge in [-0.15, -0.1) is 0 Å². The van der Waals surface area contributed by atoms with E-state index >= 15 is 0 Å². The predicted octanol–water partition coefficient (Wildman–Crippen LogP) is 3.74. The summed E-state index contributed by atoms with van der Waals surface area (Å²) in [5, 5.41) is 14.4. The first kappa shape index (κ1) is 15.9. The van der Waals surface area contributed by atoms with Gasteiger partial charge in [-0.1, -0.05) is 36.4 Å². The fourth-order valence-corrected chi connectivity index (χ4v) is 2.97. The number of rotatable bonds is 3. The summed E-state index contributed by atoms with van der Waals surface area (Å²) in [7, 11) is 0. The summed E-state index contributed by atoms with van der Waals surface area (Å²) in [6.45, 7) is 4.08. The van der Waals surface area contributed by atoms with E-state index in [1.165, 1.54) is 18.2 Å². The molecule has 24 heavy (non-hydrogen) atoms. The van der Waals surface area contributed by atoms with Gasteiger partial charge in [0.1, 0.15) is 0 Å². The van der Waals surface area contributed by atoms with Gasteiger partial charge in [0.2, 0.25) is 0 Å². The van der Waals surface area contributed by atoms with Crippen LogP contribution in [0.2, 0.25) is 0 Å². The molecule has 2 aromatic rings. The highest BCUT2D eigenvalue weighted by atomic mass is 16.6. The van der Waals surface area contributed by atoms with E-state index < -0.39 is 4.92 Å². The number of nitro groups is 1. The van der Waals surface area contributed by atoms with Crippen LogP contribution in [-0.4, -0.2) is 16.2 Å².